The number of carboxylic acid groups (broad SMARTS) is 1. The lowest BCUT2D eigenvalue weighted by molar-refractivity contribution is -0.138. The molecule has 82 valence electrons. The predicted molar refractivity (Wildman–Crippen MR) is 60.0 cm³/mol. The fourth-order valence-electron chi connectivity index (χ4n) is 1.37. The molecule has 1 atom stereocenters. The zero-order valence-electron chi connectivity index (χ0n) is 8.45. The molecule has 3 N–H and O–H groups in total. The molecule has 1 aromatic carbocycles. The number of methoxy groups -OCH3 is 1. The van der Waals surface area contributed by atoms with Crippen molar-refractivity contribution < 1.29 is 14.6 Å². The molecule has 0 aliphatic heterocycles. The first kappa shape index (κ1) is 12.0. The molecule has 0 aliphatic carbocycles. The van der Waals surface area contributed by atoms with Crippen molar-refractivity contribution in [1.29, 1.82) is 0 Å². The fourth-order valence-corrected chi connectivity index (χ4v) is 1.71. The van der Waals surface area contributed by atoms with E-state index in [9.17, 15) is 4.79 Å². The Labute approximate surface area is 96.2 Å². The molecule has 0 saturated heterocycles. The quantitative estimate of drug-likeness (QED) is 0.882. The molecule has 0 radical (unpaired) electrons. The number of rotatable bonds is 3. The van der Waals surface area contributed by atoms with E-state index >= 15 is 0 Å². The van der Waals surface area contributed by atoms with Crippen LogP contribution in [0.5, 0.6) is 5.75 Å². The monoisotopic (exact) mass is 273 g/mol. The average Bonchev–Trinajstić information content (AvgIpc) is 2.20. The second-order valence-electron chi connectivity index (χ2n) is 3.10. The van der Waals surface area contributed by atoms with Crippen molar-refractivity contribution in [3.63, 3.8) is 0 Å². The maximum atomic E-state index is 10.8. The standard InChI is InChI=1S/C10H12BrNO3/c1-5-6(11)3-4-7(15-2)8(5)9(12)10(13)14/h3-4,9H,12H2,1-2H3,(H,13,14). The molecule has 0 fully saturated rings. The van der Waals surface area contributed by atoms with Crippen LogP contribution in [0.2, 0.25) is 0 Å². The minimum Gasteiger partial charge on any atom is -0.496 e. The molecule has 1 rings (SSSR count). The summed E-state index contributed by atoms with van der Waals surface area (Å²) in [6, 6.07) is 2.42. The van der Waals surface area contributed by atoms with E-state index in [0.29, 0.717) is 11.3 Å². The molecule has 0 spiro atoms. The Balaban J connectivity index is 3.35. The molecule has 0 saturated carbocycles. The molecular formula is C10H12BrNO3. The van der Waals surface area contributed by atoms with E-state index in [1.807, 2.05) is 0 Å². The molecule has 0 aliphatic rings. The normalized spacial score (nSPS) is 12.3. The van der Waals surface area contributed by atoms with E-state index < -0.39 is 12.0 Å². The molecular weight excluding hydrogens is 262 g/mol. The molecule has 0 aromatic heterocycles. The van der Waals surface area contributed by atoms with Gasteiger partial charge in [0.2, 0.25) is 0 Å². The first-order valence-corrected chi connectivity index (χ1v) is 5.09. The first-order chi connectivity index (χ1) is 6.99. The maximum Gasteiger partial charge on any atom is 0.325 e. The summed E-state index contributed by atoms with van der Waals surface area (Å²) in [5, 5.41) is 8.87. The Morgan fingerprint density at radius 3 is 2.67 bits per heavy atom. The topological polar surface area (TPSA) is 72.5 Å². The van der Waals surface area contributed by atoms with Crippen LogP contribution in [-0.4, -0.2) is 18.2 Å². The van der Waals surface area contributed by atoms with Gasteiger partial charge in [-0.05, 0) is 24.6 Å². The van der Waals surface area contributed by atoms with Gasteiger partial charge in [-0.1, -0.05) is 15.9 Å². The summed E-state index contributed by atoms with van der Waals surface area (Å²) < 4.78 is 5.90. The largest absolute Gasteiger partial charge is 0.496 e. The minimum absolute atomic E-state index is 0.491. The van der Waals surface area contributed by atoms with E-state index in [4.69, 9.17) is 15.6 Å². The number of carbonyl (C=O) groups is 1. The Morgan fingerprint density at radius 1 is 1.60 bits per heavy atom. The van der Waals surface area contributed by atoms with E-state index in [2.05, 4.69) is 15.9 Å². The van der Waals surface area contributed by atoms with Gasteiger partial charge in [-0.15, -0.1) is 0 Å². The molecule has 5 heteroatoms. The number of aliphatic carboxylic acids is 1. The van der Waals surface area contributed by atoms with Crippen LogP contribution in [0.3, 0.4) is 0 Å². The van der Waals surface area contributed by atoms with Crippen LogP contribution in [0.4, 0.5) is 0 Å². The van der Waals surface area contributed by atoms with Gasteiger partial charge in [-0.3, -0.25) is 4.79 Å². The lowest BCUT2D eigenvalue weighted by Gasteiger charge is -2.16. The number of halogens is 1. The van der Waals surface area contributed by atoms with Gasteiger partial charge >= 0.3 is 5.97 Å². The highest BCUT2D eigenvalue weighted by molar-refractivity contribution is 9.10. The third-order valence-corrected chi connectivity index (χ3v) is 3.06. The fraction of sp³-hybridized carbons (Fsp3) is 0.300. The van der Waals surface area contributed by atoms with Crippen LogP contribution in [0.25, 0.3) is 0 Å². The van der Waals surface area contributed by atoms with Crippen LogP contribution in [-0.2, 0) is 4.79 Å². The third-order valence-electron chi connectivity index (χ3n) is 2.21. The highest BCUT2D eigenvalue weighted by Gasteiger charge is 2.22. The van der Waals surface area contributed by atoms with Crippen molar-refractivity contribution in [3.8, 4) is 5.75 Å². The van der Waals surface area contributed by atoms with Crippen molar-refractivity contribution in [1.82, 2.24) is 0 Å². The summed E-state index contributed by atoms with van der Waals surface area (Å²) in [5.74, 6) is -0.583. The van der Waals surface area contributed by atoms with Gasteiger partial charge in [0.05, 0.1) is 7.11 Å². The third kappa shape index (κ3) is 2.30. The summed E-state index contributed by atoms with van der Waals surface area (Å²) in [7, 11) is 1.49. The van der Waals surface area contributed by atoms with Crippen LogP contribution in [0.15, 0.2) is 16.6 Å². The van der Waals surface area contributed by atoms with Crippen LogP contribution < -0.4 is 10.5 Å². The number of ether oxygens (including phenoxy) is 1. The van der Waals surface area contributed by atoms with Gasteiger partial charge in [0.25, 0.3) is 0 Å². The van der Waals surface area contributed by atoms with E-state index in [-0.39, 0.29) is 0 Å². The lowest BCUT2D eigenvalue weighted by Crippen LogP contribution is -2.22. The van der Waals surface area contributed by atoms with Gasteiger partial charge < -0.3 is 15.6 Å². The zero-order valence-corrected chi connectivity index (χ0v) is 10.0. The van der Waals surface area contributed by atoms with Crippen LogP contribution in [0, 0.1) is 6.92 Å². The van der Waals surface area contributed by atoms with Crippen molar-refractivity contribution in [2.75, 3.05) is 7.11 Å². The summed E-state index contributed by atoms with van der Waals surface area (Å²) >= 11 is 3.32. The maximum absolute atomic E-state index is 10.8. The van der Waals surface area contributed by atoms with E-state index in [0.717, 1.165) is 10.0 Å². The lowest BCUT2D eigenvalue weighted by atomic mass is 10.0. The van der Waals surface area contributed by atoms with E-state index in [1.54, 1.807) is 19.1 Å². The highest BCUT2D eigenvalue weighted by Crippen LogP contribution is 2.32. The number of carboxylic acids is 1. The number of nitrogens with two attached hydrogens (primary N) is 1. The van der Waals surface area contributed by atoms with E-state index in [1.165, 1.54) is 7.11 Å². The highest BCUT2D eigenvalue weighted by atomic mass is 79.9. The van der Waals surface area contributed by atoms with Crippen molar-refractivity contribution in [2.24, 2.45) is 5.73 Å². The van der Waals surface area contributed by atoms with Gasteiger partial charge in [0.1, 0.15) is 11.8 Å². The minimum atomic E-state index is -1.07. The average molecular weight is 274 g/mol. The van der Waals surface area contributed by atoms with Gasteiger partial charge in [0, 0.05) is 10.0 Å². The number of hydrogen-bond donors (Lipinski definition) is 2. The Bertz CT molecular complexity index is 392. The molecule has 15 heavy (non-hydrogen) atoms. The Hall–Kier alpha value is -1.07. The summed E-state index contributed by atoms with van der Waals surface area (Å²) in [6.45, 7) is 1.80. The van der Waals surface area contributed by atoms with Gasteiger partial charge in [-0.25, -0.2) is 0 Å². The summed E-state index contributed by atoms with van der Waals surface area (Å²) in [6.07, 6.45) is 0. The zero-order chi connectivity index (χ0) is 11.6. The van der Waals surface area contributed by atoms with Gasteiger partial charge in [0.15, 0.2) is 0 Å². The van der Waals surface area contributed by atoms with Crippen LogP contribution >= 0.6 is 15.9 Å². The van der Waals surface area contributed by atoms with Crippen molar-refractivity contribution >= 4 is 21.9 Å². The number of hydrogen-bond acceptors (Lipinski definition) is 3. The molecule has 1 unspecified atom stereocenters. The molecule has 0 bridgehead atoms. The smallest absolute Gasteiger partial charge is 0.325 e. The predicted octanol–water partition coefficient (Wildman–Crippen LogP) is 1.85. The summed E-state index contributed by atoms with van der Waals surface area (Å²) in [4.78, 5) is 10.8. The summed E-state index contributed by atoms with van der Waals surface area (Å²) in [5.41, 5.74) is 6.86. The SMILES string of the molecule is COc1ccc(Br)c(C)c1C(N)C(=O)O. The Morgan fingerprint density at radius 2 is 2.20 bits per heavy atom. The molecule has 4 nitrogen and oxygen atoms in total. The molecule has 1 aromatic rings. The van der Waals surface area contributed by atoms with Crippen LogP contribution in [0.1, 0.15) is 17.2 Å². The first-order valence-electron chi connectivity index (χ1n) is 4.30. The van der Waals surface area contributed by atoms with Crippen molar-refractivity contribution in [3.05, 3.63) is 27.7 Å². The second kappa shape index (κ2) is 4.63. The van der Waals surface area contributed by atoms with Gasteiger partial charge in [-0.2, -0.15) is 0 Å². The molecule has 0 amide bonds. The van der Waals surface area contributed by atoms with Crippen molar-refractivity contribution in [2.45, 2.75) is 13.0 Å². The Kier molecular flexibility index (Phi) is 3.71. The molecule has 0 heterocycles. The number of benzene rings is 1. The second-order valence-corrected chi connectivity index (χ2v) is 3.96.